The van der Waals surface area contributed by atoms with Gasteiger partial charge in [-0.15, -0.1) is 10.2 Å². The lowest BCUT2D eigenvalue weighted by molar-refractivity contribution is -0.115. The molecular formula is C23H28N4O2S. The number of nitrogens with one attached hydrogen (secondary N) is 1. The minimum absolute atomic E-state index is 0.0595. The molecule has 0 fully saturated rings. The van der Waals surface area contributed by atoms with Crippen LogP contribution in [0.1, 0.15) is 26.3 Å². The minimum Gasteiger partial charge on any atom is -0.497 e. The Morgan fingerprint density at radius 2 is 1.87 bits per heavy atom. The number of methoxy groups -OCH3 is 1. The number of rotatable bonds is 8. The zero-order valence-electron chi connectivity index (χ0n) is 18.0. The molecule has 30 heavy (non-hydrogen) atoms. The summed E-state index contributed by atoms with van der Waals surface area (Å²) in [6, 6.07) is 15.6. The summed E-state index contributed by atoms with van der Waals surface area (Å²) in [5, 5.41) is 12.2. The van der Waals surface area contributed by atoms with Crippen molar-refractivity contribution in [2.24, 2.45) is 5.92 Å². The van der Waals surface area contributed by atoms with Crippen LogP contribution in [-0.2, 0) is 11.3 Å². The van der Waals surface area contributed by atoms with Crippen LogP contribution >= 0.6 is 11.8 Å². The van der Waals surface area contributed by atoms with E-state index in [0.717, 1.165) is 40.1 Å². The number of hydrogen-bond donors (Lipinski definition) is 1. The third kappa shape index (κ3) is 5.42. The minimum atomic E-state index is -0.315. The van der Waals surface area contributed by atoms with E-state index in [2.05, 4.69) is 33.9 Å². The first kappa shape index (κ1) is 21.9. The van der Waals surface area contributed by atoms with E-state index in [0.29, 0.717) is 5.92 Å². The fourth-order valence-corrected chi connectivity index (χ4v) is 3.90. The Hall–Kier alpha value is -2.80. The maximum atomic E-state index is 12.7. The van der Waals surface area contributed by atoms with Crippen LogP contribution in [0.2, 0.25) is 0 Å². The Kier molecular flexibility index (Phi) is 7.15. The molecular weight excluding hydrogens is 396 g/mol. The van der Waals surface area contributed by atoms with Crippen molar-refractivity contribution in [2.75, 3.05) is 12.4 Å². The first-order valence-corrected chi connectivity index (χ1v) is 10.9. The second kappa shape index (κ2) is 9.80. The van der Waals surface area contributed by atoms with Crippen molar-refractivity contribution in [3.8, 4) is 17.1 Å². The average Bonchev–Trinajstić information content (AvgIpc) is 3.09. The summed E-state index contributed by atoms with van der Waals surface area (Å²) in [7, 11) is 1.65. The number of ether oxygens (including phenoxy) is 1. The number of thioether (sulfide) groups is 1. The fraction of sp³-hybridized carbons (Fsp3) is 0.348. The summed E-state index contributed by atoms with van der Waals surface area (Å²) in [5.41, 5.74) is 2.87. The van der Waals surface area contributed by atoms with Crippen molar-refractivity contribution in [3.63, 3.8) is 0 Å². The van der Waals surface area contributed by atoms with Crippen molar-refractivity contribution in [2.45, 2.75) is 44.6 Å². The zero-order valence-corrected chi connectivity index (χ0v) is 18.9. The third-order valence-corrected chi connectivity index (χ3v) is 5.63. The number of hydrogen-bond acceptors (Lipinski definition) is 5. The highest BCUT2D eigenvalue weighted by atomic mass is 32.2. The molecule has 0 aliphatic heterocycles. The molecule has 0 spiro atoms. The molecule has 0 aliphatic carbocycles. The van der Waals surface area contributed by atoms with E-state index in [1.807, 2.05) is 62.4 Å². The van der Waals surface area contributed by atoms with Crippen molar-refractivity contribution in [1.82, 2.24) is 14.8 Å². The van der Waals surface area contributed by atoms with E-state index in [9.17, 15) is 4.79 Å². The lowest BCUT2D eigenvalue weighted by atomic mass is 10.2. The van der Waals surface area contributed by atoms with Gasteiger partial charge in [0.05, 0.1) is 12.4 Å². The Bertz CT molecular complexity index is 999. The number of carbonyl (C=O) groups excluding carboxylic acids is 1. The van der Waals surface area contributed by atoms with Gasteiger partial charge in [0.15, 0.2) is 11.0 Å². The Balaban J connectivity index is 1.80. The van der Waals surface area contributed by atoms with Crippen LogP contribution in [0.4, 0.5) is 5.69 Å². The smallest absolute Gasteiger partial charge is 0.237 e. The Morgan fingerprint density at radius 3 is 2.50 bits per heavy atom. The lowest BCUT2D eigenvalue weighted by Gasteiger charge is -2.15. The molecule has 0 saturated heterocycles. The second-order valence-electron chi connectivity index (χ2n) is 7.66. The number of anilines is 1. The molecule has 158 valence electrons. The normalized spacial score (nSPS) is 12.1. The predicted octanol–water partition coefficient (Wildman–Crippen LogP) is 5.04. The summed E-state index contributed by atoms with van der Waals surface area (Å²) in [4.78, 5) is 12.7. The summed E-state index contributed by atoms with van der Waals surface area (Å²) >= 11 is 1.42. The topological polar surface area (TPSA) is 69.0 Å². The van der Waals surface area contributed by atoms with Gasteiger partial charge in [-0.25, -0.2) is 0 Å². The number of aromatic nitrogens is 3. The highest BCUT2D eigenvalue weighted by Gasteiger charge is 2.21. The number of benzene rings is 2. The summed E-state index contributed by atoms with van der Waals surface area (Å²) < 4.78 is 7.34. The highest BCUT2D eigenvalue weighted by Crippen LogP contribution is 2.29. The van der Waals surface area contributed by atoms with Crippen LogP contribution in [0.5, 0.6) is 5.75 Å². The maximum absolute atomic E-state index is 12.7. The second-order valence-corrected chi connectivity index (χ2v) is 8.97. The lowest BCUT2D eigenvalue weighted by Crippen LogP contribution is -2.23. The molecule has 0 unspecified atom stereocenters. The fourth-order valence-electron chi connectivity index (χ4n) is 3.04. The molecule has 1 N–H and O–H groups in total. The van der Waals surface area contributed by atoms with Crippen LogP contribution in [-0.4, -0.2) is 33.0 Å². The van der Waals surface area contributed by atoms with Gasteiger partial charge in [-0.1, -0.05) is 37.7 Å². The van der Waals surface area contributed by atoms with Gasteiger partial charge in [-0.05, 0) is 61.7 Å². The van der Waals surface area contributed by atoms with Crippen LogP contribution in [0.3, 0.4) is 0 Å². The van der Waals surface area contributed by atoms with Crippen molar-refractivity contribution in [1.29, 1.82) is 0 Å². The van der Waals surface area contributed by atoms with Crippen LogP contribution in [0.25, 0.3) is 11.4 Å². The van der Waals surface area contributed by atoms with E-state index >= 15 is 0 Å². The number of amides is 1. The van der Waals surface area contributed by atoms with Crippen LogP contribution < -0.4 is 10.1 Å². The van der Waals surface area contributed by atoms with Crippen molar-refractivity contribution < 1.29 is 9.53 Å². The van der Waals surface area contributed by atoms with Gasteiger partial charge < -0.3 is 14.6 Å². The standard InChI is InChI=1S/C23H28N4O2S/c1-15(2)14-27-21(18-9-11-20(29-5)12-10-18)25-26-23(27)30-17(4)22(28)24-19-8-6-7-16(3)13-19/h6-13,15,17H,14H2,1-5H3,(H,24,28)/t17-/m1/s1. The summed E-state index contributed by atoms with van der Waals surface area (Å²) in [6.07, 6.45) is 0. The average molecular weight is 425 g/mol. The monoisotopic (exact) mass is 424 g/mol. The van der Waals surface area contributed by atoms with Crippen LogP contribution in [0, 0.1) is 12.8 Å². The summed E-state index contributed by atoms with van der Waals surface area (Å²) in [5.74, 6) is 1.94. The van der Waals surface area contributed by atoms with Gasteiger partial charge in [0, 0.05) is 17.8 Å². The van der Waals surface area contributed by atoms with E-state index < -0.39 is 0 Å². The van der Waals surface area contributed by atoms with E-state index in [1.54, 1.807) is 7.11 Å². The molecule has 0 bridgehead atoms. The molecule has 1 heterocycles. The first-order chi connectivity index (χ1) is 14.4. The first-order valence-electron chi connectivity index (χ1n) is 9.99. The van der Waals surface area contributed by atoms with Crippen LogP contribution in [0.15, 0.2) is 53.7 Å². The van der Waals surface area contributed by atoms with Crippen molar-refractivity contribution in [3.05, 3.63) is 54.1 Å². The van der Waals surface area contributed by atoms with Gasteiger partial charge in [0.2, 0.25) is 5.91 Å². The Morgan fingerprint density at radius 1 is 1.13 bits per heavy atom. The number of aryl methyl sites for hydroxylation is 1. The molecule has 1 amide bonds. The van der Waals surface area contributed by atoms with Gasteiger partial charge in [-0.3, -0.25) is 4.79 Å². The molecule has 0 aliphatic rings. The molecule has 3 aromatic rings. The highest BCUT2D eigenvalue weighted by molar-refractivity contribution is 8.00. The molecule has 1 aromatic heterocycles. The Labute approximate surface area is 182 Å². The zero-order chi connectivity index (χ0) is 21.7. The molecule has 0 radical (unpaired) electrons. The quantitative estimate of drug-likeness (QED) is 0.513. The summed E-state index contributed by atoms with van der Waals surface area (Å²) in [6.45, 7) is 8.96. The third-order valence-electron chi connectivity index (χ3n) is 4.55. The maximum Gasteiger partial charge on any atom is 0.237 e. The van der Waals surface area contributed by atoms with E-state index in [-0.39, 0.29) is 11.2 Å². The largest absolute Gasteiger partial charge is 0.497 e. The van der Waals surface area contributed by atoms with Gasteiger partial charge in [-0.2, -0.15) is 0 Å². The van der Waals surface area contributed by atoms with Gasteiger partial charge in [0.25, 0.3) is 0 Å². The van der Waals surface area contributed by atoms with E-state index in [4.69, 9.17) is 4.74 Å². The molecule has 6 nitrogen and oxygen atoms in total. The molecule has 1 atom stereocenters. The molecule has 7 heteroatoms. The molecule has 0 saturated carbocycles. The van der Waals surface area contributed by atoms with Crippen molar-refractivity contribution >= 4 is 23.4 Å². The van der Waals surface area contributed by atoms with Gasteiger partial charge >= 0.3 is 0 Å². The number of nitrogens with zero attached hydrogens (tertiary/aromatic N) is 3. The predicted molar refractivity (Wildman–Crippen MR) is 122 cm³/mol. The molecule has 3 rings (SSSR count). The number of carbonyl (C=O) groups is 1. The van der Waals surface area contributed by atoms with Gasteiger partial charge in [0.1, 0.15) is 5.75 Å². The van der Waals surface area contributed by atoms with E-state index in [1.165, 1.54) is 11.8 Å². The SMILES string of the molecule is COc1ccc(-c2nnc(S[C@H](C)C(=O)Nc3cccc(C)c3)n2CC(C)C)cc1. The molecule has 2 aromatic carbocycles.